The first-order chi connectivity index (χ1) is 7.83. The van der Waals surface area contributed by atoms with Gasteiger partial charge in [-0.1, -0.05) is 0 Å². The van der Waals surface area contributed by atoms with Crippen molar-refractivity contribution in [3.8, 4) is 11.4 Å². The number of aromatic nitrogens is 1. The number of rotatable bonds is 4. The third-order valence-corrected chi connectivity index (χ3v) is 2.56. The lowest BCUT2D eigenvalue weighted by Crippen LogP contribution is -2.01. The SMILES string of the molecule is COc1ccc(-n2ccc(CCN)c2)cc1. The van der Waals surface area contributed by atoms with Crippen molar-refractivity contribution >= 4 is 0 Å². The zero-order valence-electron chi connectivity index (χ0n) is 9.39. The minimum Gasteiger partial charge on any atom is -0.497 e. The molecule has 3 nitrogen and oxygen atoms in total. The first kappa shape index (κ1) is 10.8. The van der Waals surface area contributed by atoms with E-state index in [0.29, 0.717) is 6.54 Å². The van der Waals surface area contributed by atoms with Gasteiger partial charge in [0, 0.05) is 18.1 Å². The third-order valence-electron chi connectivity index (χ3n) is 2.56. The number of hydrogen-bond donors (Lipinski definition) is 1. The van der Waals surface area contributed by atoms with Crippen LogP contribution in [-0.2, 0) is 6.42 Å². The predicted octanol–water partition coefficient (Wildman–Crippen LogP) is 1.99. The highest BCUT2D eigenvalue weighted by molar-refractivity contribution is 5.38. The standard InChI is InChI=1S/C13H16N2O/c1-16-13-4-2-12(3-5-13)15-9-7-11(10-15)6-8-14/h2-5,7,9-10H,6,8,14H2,1H3. The summed E-state index contributed by atoms with van der Waals surface area (Å²) in [5.41, 5.74) is 7.91. The van der Waals surface area contributed by atoms with Gasteiger partial charge >= 0.3 is 0 Å². The zero-order valence-corrected chi connectivity index (χ0v) is 9.39. The normalized spacial score (nSPS) is 10.4. The molecular weight excluding hydrogens is 200 g/mol. The summed E-state index contributed by atoms with van der Waals surface area (Å²) in [5.74, 6) is 0.873. The van der Waals surface area contributed by atoms with Crippen LogP contribution in [0.1, 0.15) is 5.56 Å². The van der Waals surface area contributed by atoms with Gasteiger partial charge in [0.2, 0.25) is 0 Å². The fourth-order valence-electron chi connectivity index (χ4n) is 1.67. The van der Waals surface area contributed by atoms with Gasteiger partial charge in [-0.25, -0.2) is 0 Å². The average Bonchev–Trinajstić information content (AvgIpc) is 2.78. The quantitative estimate of drug-likeness (QED) is 0.849. The molecule has 2 N–H and O–H groups in total. The van der Waals surface area contributed by atoms with Gasteiger partial charge in [0.1, 0.15) is 5.75 Å². The van der Waals surface area contributed by atoms with Crippen LogP contribution in [0.5, 0.6) is 5.75 Å². The van der Waals surface area contributed by atoms with E-state index in [2.05, 4.69) is 16.8 Å². The van der Waals surface area contributed by atoms with Crippen LogP contribution >= 0.6 is 0 Å². The summed E-state index contributed by atoms with van der Waals surface area (Å²) in [6.45, 7) is 0.687. The van der Waals surface area contributed by atoms with Gasteiger partial charge in [-0.15, -0.1) is 0 Å². The molecule has 0 spiro atoms. The van der Waals surface area contributed by atoms with E-state index in [1.807, 2.05) is 30.5 Å². The largest absolute Gasteiger partial charge is 0.497 e. The van der Waals surface area contributed by atoms with Crippen molar-refractivity contribution in [1.82, 2.24) is 4.57 Å². The molecule has 84 valence electrons. The van der Waals surface area contributed by atoms with Gasteiger partial charge < -0.3 is 15.0 Å². The second kappa shape index (κ2) is 4.86. The molecule has 0 saturated carbocycles. The van der Waals surface area contributed by atoms with E-state index in [0.717, 1.165) is 17.9 Å². The van der Waals surface area contributed by atoms with E-state index in [-0.39, 0.29) is 0 Å². The van der Waals surface area contributed by atoms with Gasteiger partial charge in [-0.05, 0) is 48.9 Å². The second-order valence-corrected chi connectivity index (χ2v) is 3.66. The number of methoxy groups -OCH3 is 1. The maximum Gasteiger partial charge on any atom is 0.119 e. The lowest BCUT2D eigenvalue weighted by molar-refractivity contribution is 0.415. The molecule has 0 aliphatic rings. The molecule has 2 aromatic rings. The molecule has 0 aliphatic heterocycles. The molecule has 0 unspecified atom stereocenters. The number of ether oxygens (including phenoxy) is 1. The van der Waals surface area contributed by atoms with Crippen LogP contribution in [-0.4, -0.2) is 18.2 Å². The molecule has 16 heavy (non-hydrogen) atoms. The number of nitrogens with two attached hydrogens (primary N) is 1. The Kier molecular flexibility index (Phi) is 3.27. The highest BCUT2D eigenvalue weighted by Crippen LogP contribution is 2.16. The fraction of sp³-hybridized carbons (Fsp3) is 0.231. The minimum absolute atomic E-state index is 0.687. The van der Waals surface area contributed by atoms with Crippen molar-refractivity contribution in [1.29, 1.82) is 0 Å². The van der Waals surface area contributed by atoms with Gasteiger partial charge in [-0.3, -0.25) is 0 Å². The summed E-state index contributed by atoms with van der Waals surface area (Å²) in [6, 6.07) is 10.1. The van der Waals surface area contributed by atoms with E-state index >= 15 is 0 Å². The molecule has 1 aromatic heterocycles. The Labute approximate surface area is 95.5 Å². The van der Waals surface area contributed by atoms with Crippen molar-refractivity contribution in [2.24, 2.45) is 5.73 Å². The Balaban J connectivity index is 2.21. The first-order valence-corrected chi connectivity index (χ1v) is 5.35. The molecule has 0 atom stereocenters. The van der Waals surface area contributed by atoms with Crippen LogP contribution in [0.25, 0.3) is 5.69 Å². The van der Waals surface area contributed by atoms with Gasteiger partial charge in [0.15, 0.2) is 0 Å². The van der Waals surface area contributed by atoms with Gasteiger partial charge in [0.25, 0.3) is 0 Å². The number of nitrogens with zero attached hydrogens (tertiary/aromatic N) is 1. The monoisotopic (exact) mass is 216 g/mol. The Hall–Kier alpha value is -1.74. The summed E-state index contributed by atoms with van der Waals surface area (Å²) in [7, 11) is 1.67. The Morgan fingerprint density at radius 1 is 1.19 bits per heavy atom. The highest BCUT2D eigenvalue weighted by Gasteiger charge is 1.99. The van der Waals surface area contributed by atoms with Gasteiger partial charge in [0.05, 0.1) is 7.11 Å². The molecule has 0 fully saturated rings. The van der Waals surface area contributed by atoms with Crippen LogP contribution in [0.4, 0.5) is 0 Å². The van der Waals surface area contributed by atoms with E-state index in [1.165, 1.54) is 5.56 Å². The van der Waals surface area contributed by atoms with Crippen molar-refractivity contribution < 1.29 is 4.74 Å². The Morgan fingerprint density at radius 3 is 2.56 bits per heavy atom. The fourth-order valence-corrected chi connectivity index (χ4v) is 1.67. The van der Waals surface area contributed by atoms with Crippen LogP contribution in [0.15, 0.2) is 42.7 Å². The predicted molar refractivity (Wildman–Crippen MR) is 65.1 cm³/mol. The second-order valence-electron chi connectivity index (χ2n) is 3.66. The maximum atomic E-state index is 5.52. The lowest BCUT2D eigenvalue weighted by Gasteiger charge is -2.04. The van der Waals surface area contributed by atoms with Crippen LogP contribution in [0.2, 0.25) is 0 Å². The van der Waals surface area contributed by atoms with Crippen molar-refractivity contribution in [3.05, 3.63) is 48.3 Å². The number of benzene rings is 1. The van der Waals surface area contributed by atoms with Gasteiger partial charge in [-0.2, -0.15) is 0 Å². The molecule has 1 aromatic carbocycles. The summed E-state index contributed by atoms with van der Waals surface area (Å²) < 4.78 is 7.21. The Morgan fingerprint density at radius 2 is 1.94 bits per heavy atom. The topological polar surface area (TPSA) is 40.2 Å². The minimum atomic E-state index is 0.687. The lowest BCUT2D eigenvalue weighted by atomic mass is 10.2. The Bertz CT molecular complexity index is 445. The molecule has 0 amide bonds. The molecule has 2 rings (SSSR count). The summed E-state index contributed by atoms with van der Waals surface area (Å²) in [6.07, 6.45) is 5.07. The first-order valence-electron chi connectivity index (χ1n) is 5.35. The van der Waals surface area contributed by atoms with Crippen LogP contribution in [0, 0.1) is 0 Å². The highest BCUT2D eigenvalue weighted by atomic mass is 16.5. The van der Waals surface area contributed by atoms with Crippen molar-refractivity contribution in [2.75, 3.05) is 13.7 Å². The molecule has 1 heterocycles. The number of hydrogen-bond acceptors (Lipinski definition) is 2. The van der Waals surface area contributed by atoms with Crippen molar-refractivity contribution in [2.45, 2.75) is 6.42 Å². The van der Waals surface area contributed by atoms with Crippen LogP contribution in [0.3, 0.4) is 0 Å². The maximum absolute atomic E-state index is 5.52. The summed E-state index contributed by atoms with van der Waals surface area (Å²) in [5, 5.41) is 0. The summed E-state index contributed by atoms with van der Waals surface area (Å²) >= 11 is 0. The molecule has 0 bridgehead atoms. The zero-order chi connectivity index (χ0) is 11.4. The van der Waals surface area contributed by atoms with E-state index in [1.54, 1.807) is 7.11 Å². The summed E-state index contributed by atoms with van der Waals surface area (Å²) in [4.78, 5) is 0. The van der Waals surface area contributed by atoms with E-state index < -0.39 is 0 Å². The van der Waals surface area contributed by atoms with E-state index in [9.17, 15) is 0 Å². The van der Waals surface area contributed by atoms with Crippen LogP contribution < -0.4 is 10.5 Å². The molecule has 0 radical (unpaired) electrons. The van der Waals surface area contributed by atoms with Crippen molar-refractivity contribution in [3.63, 3.8) is 0 Å². The average molecular weight is 216 g/mol. The van der Waals surface area contributed by atoms with E-state index in [4.69, 9.17) is 10.5 Å². The molecule has 0 saturated heterocycles. The smallest absolute Gasteiger partial charge is 0.119 e. The third kappa shape index (κ3) is 2.25. The molecule has 0 aliphatic carbocycles. The molecule has 3 heteroatoms. The molecular formula is C13H16N2O.